The molecule has 2 aromatic rings. The summed E-state index contributed by atoms with van der Waals surface area (Å²) in [6.07, 6.45) is -2.33. The predicted molar refractivity (Wildman–Crippen MR) is 87.3 cm³/mol. The van der Waals surface area contributed by atoms with Gasteiger partial charge in [0.05, 0.1) is 6.04 Å². The maximum absolute atomic E-state index is 11.9. The Morgan fingerprint density at radius 3 is 2.04 bits per heavy atom. The lowest BCUT2D eigenvalue weighted by molar-refractivity contribution is -0.148. The van der Waals surface area contributed by atoms with Crippen LogP contribution in [0.2, 0.25) is 0 Å². The van der Waals surface area contributed by atoms with E-state index >= 15 is 0 Å². The van der Waals surface area contributed by atoms with Crippen LogP contribution in [0.5, 0.6) is 0 Å². The van der Waals surface area contributed by atoms with Crippen molar-refractivity contribution >= 4 is 12.1 Å². The summed E-state index contributed by atoms with van der Waals surface area (Å²) in [6, 6.07) is 17.1. The maximum Gasteiger partial charge on any atom is 0.407 e. The molecule has 0 unspecified atom stereocenters. The van der Waals surface area contributed by atoms with Crippen molar-refractivity contribution in [3.63, 3.8) is 0 Å². The van der Waals surface area contributed by atoms with Crippen LogP contribution < -0.4 is 5.32 Å². The summed E-state index contributed by atoms with van der Waals surface area (Å²) in [7, 11) is 0. The van der Waals surface area contributed by atoms with Crippen LogP contribution in [0.3, 0.4) is 0 Å². The first-order valence-corrected chi connectivity index (χ1v) is 7.48. The topological polar surface area (TPSA) is 95.9 Å². The van der Waals surface area contributed by atoms with E-state index < -0.39 is 24.2 Å². The quantitative estimate of drug-likeness (QED) is 0.722. The third-order valence-corrected chi connectivity index (χ3v) is 3.45. The molecule has 0 saturated carbocycles. The standard InChI is InChI=1S/C18H19NO5/c20-16(17(21)22)15(11-13-7-3-1-4-8-13)19-18(23)24-12-14-9-5-2-6-10-14/h1-10,15-16,20H,11-12H2,(H,19,23)(H,21,22)/t15-,16+/m0/s1. The second-order valence-corrected chi connectivity index (χ2v) is 5.29. The van der Waals surface area contributed by atoms with Crippen LogP contribution in [0.1, 0.15) is 11.1 Å². The van der Waals surface area contributed by atoms with E-state index in [1.807, 2.05) is 24.3 Å². The Bertz CT molecular complexity index is 660. The van der Waals surface area contributed by atoms with Crippen molar-refractivity contribution in [1.82, 2.24) is 5.32 Å². The van der Waals surface area contributed by atoms with Crippen molar-refractivity contribution < 1.29 is 24.5 Å². The van der Waals surface area contributed by atoms with Crippen molar-refractivity contribution in [2.75, 3.05) is 0 Å². The highest BCUT2D eigenvalue weighted by Crippen LogP contribution is 2.08. The largest absolute Gasteiger partial charge is 0.479 e. The number of hydrogen-bond acceptors (Lipinski definition) is 4. The second kappa shape index (κ2) is 8.69. The van der Waals surface area contributed by atoms with Crippen LogP contribution in [0.4, 0.5) is 4.79 Å². The predicted octanol–water partition coefficient (Wildman–Crippen LogP) is 1.97. The fraction of sp³-hybridized carbons (Fsp3) is 0.222. The molecule has 2 rings (SSSR count). The molecule has 126 valence electrons. The smallest absolute Gasteiger partial charge is 0.407 e. The first-order valence-electron chi connectivity index (χ1n) is 7.48. The van der Waals surface area contributed by atoms with Crippen molar-refractivity contribution in [1.29, 1.82) is 0 Å². The van der Waals surface area contributed by atoms with Gasteiger partial charge in [-0.15, -0.1) is 0 Å². The van der Waals surface area contributed by atoms with Crippen molar-refractivity contribution in [3.05, 3.63) is 71.8 Å². The fourth-order valence-corrected chi connectivity index (χ4v) is 2.20. The van der Waals surface area contributed by atoms with Gasteiger partial charge >= 0.3 is 12.1 Å². The van der Waals surface area contributed by atoms with Gasteiger partial charge in [0.25, 0.3) is 0 Å². The van der Waals surface area contributed by atoms with Gasteiger partial charge in [-0.3, -0.25) is 0 Å². The molecule has 24 heavy (non-hydrogen) atoms. The Labute approximate surface area is 139 Å². The van der Waals surface area contributed by atoms with E-state index in [-0.39, 0.29) is 13.0 Å². The number of benzene rings is 2. The number of nitrogens with one attached hydrogen (secondary N) is 1. The number of alkyl carbamates (subject to hydrolysis) is 1. The van der Waals surface area contributed by atoms with Crippen molar-refractivity contribution in [2.45, 2.75) is 25.2 Å². The fourth-order valence-electron chi connectivity index (χ4n) is 2.20. The minimum absolute atomic E-state index is 0.0634. The van der Waals surface area contributed by atoms with Crippen LogP contribution in [0, 0.1) is 0 Å². The van der Waals surface area contributed by atoms with Crippen molar-refractivity contribution in [2.24, 2.45) is 0 Å². The lowest BCUT2D eigenvalue weighted by Crippen LogP contribution is -2.48. The summed E-state index contributed by atoms with van der Waals surface area (Å²) in [5.74, 6) is -1.40. The van der Waals surface area contributed by atoms with E-state index in [9.17, 15) is 14.7 Å². The van der Waals surface area contributed by atoms with Gasteiger partial charge in [0.2, 0.25) is 0 Å². The van der Waals surface area contributed by atoms with E-state index in [0.29, 0.717) is 0 Å². The molecule has 0 fully saturated rings. The highest BCUT2D eigenvalue weighted by Gasteiger charge is 2.28. The molecule has 2 aromatic carbocycles. The molecule has 0 radical (unpaired) electrons. The molecular weight excluding hydrogens is 310 g/mol. The number of carboxylic acid groups (broad SMARTS) is 1. The van der Waals surface area contributed by atoms with Gasteiger partial charge in [0.15, 0.2) is 6.10 Å². The molecule has 1 amide bonds. The number of carboxylic acids is 1. The van der Waals surface area contributed by atoms with E-state index in [1.54, 1.807) is 36.4 Å². The van der Waals surface area contributed by atoms with Crippen LogP contribution in [-0.4, -0.2) is 34.4 Å². The van der Waals surface area contributed by atoms with Crippen LogP contribution in [-0.2, 0) is 22.6 Å². The highest BCUT2D eigenvalue weighted by molar-refractivity contribution is 5.75. The van der Waals surface area contributed by atoms with Gasteiger partial charge in [-0.05, 0) is 17.5 Å². The Morgan fingerprint density at radius 2 is 1.50 bits per heavy atom. The third kappa shape index (κ3) is 5.40. The molecule has 0 aliphatic rings. The van der Waals surface area contributed by atoms with E-state index in [0.717, 1.165) is 11.1 Å². The molecule has 0 aliphatic carbocycles. The third-order valence-electron chi connectivity index (χ3n) is 3.45. The summed E-state index contributed by atoms with van der Waals surface area (Å²) in [5.41, 5.74) is 1.61. The molecule has 3 N–H and O–H groups in total. The molecule has 6 heteroatoms. The Balaban J connectivity index is 1.96. The van der Waals surface area contributed by atoms with Gasteiger partial charge in [0.1, 0.15) is 6.61 Å². The lowest BCUT2D eigenvalue weighted by atomic mass is 10.0. The number of amides is 1. The molecule has 2 atom stereocenters. The van der Waals surface area contributed by atoms with E-state index in [1.165, 1.54) is 0 Å². The number of carbonyl (C=O) groups is 2. The normalized spacial score (nSPS) is 12.9. The van der Waals surface area contributed by atoms with Crippen LogP contribution in [0.25, 0.3) is 0 Å². The Kier molecular flexibility index (Phi) is 6.33. The number of hydrogen-bond donors (Lipinski definition) is 3. The zero-order chi connectivity index (χ0) is 17.4. The summed E-state index contributed by atoms with van der Waals surface area (Å²) >= 11 is 0. The molecule has 0 saturated heterocycles. The summed E-state index contributed by atoms with van der Waals surface area (Å²) in [5, 5.41) is 21.2. The number of rotatable bonds is 7. The number of aliphatic carboxylic acids is 1. The maximum atomic E-state index is 11.9. The molecule has 0 bridgehead atoms. The minimum Gasteiger partial charge on any atom is -0.479 e. The SMILES string of the molecule is O=C(N[C@@H](Cc1ccccc1)[C@@H](O)C(=O)O)OCc1ccccc1. The zero-order valence-electron chi connectivity index (χ0n) is 13.0. The number of carbonyl (C=O) groups excluding carboxylic acids is 1. The average molecular weight is 329 g/mol. The monoisotopic (exact) mass is 329 g/mol. The van der Waals surface area contributed by atoms with Gasteiger partial charge in [-0.2, -0.15) is 0 Å². The summed E-state index contributed by atoms with van der Waals surface area (Å²) in [4.78, 5) is 23.0. The van der Waals surface area contributed by atoms with Gasteiger partial charge in [-0.25, -0.2) is 9.59 Å². The summed E-state index contributed by atoms with van der Waals surface area (Å²) in [6.45, 7) is 0.0634. The zero-order valence-corrected chi connectivity index (χ0v) is 13.0. The van der Waals surface area contributed by atoms with Gasteiger partial charge < -0.3 is 20.3 Å². The van der Waals surface area contributed by atoms with Crippen LogP contribution >= 0.6 is 0 Å². The Hall–Kier alpha value is -2.86. The van der Waals surface area contributed by atoms with Crippen LogP contribution in [0.15, 0.2) is 60.7 Å². The second-order valence-electron chi connectivity index (χ2n) is 5.29. The Morgan fingerprint density at radius 1 is 0.958 bits per heavy atom. The average Bonchev–Trinajstić information content (AvgIpc) is 2.60. The summed E-state index contributed by atoms with van der Waals surface area (Å²) < 4.78 is 5.07. The van der Waals surface area contributed by atoms with Gasteiger partial charge in [-0.1, -0.05) is 60.7 Å². The molecule has 0 spiro atoms. The van der Waals surface area contributed by atoms with Crippen molar-refractivity contribution in [3.8, 4) is 0 Å². The number of aliphatic hydroxyl groups excluding tert-OH is 1. The molecule has 0 heterocycles. The first-order chi connectivity index (χ1) is 11.6. The molecule has 0 aromatic heterocycles. The van der Waals surface area contributed by atoms with Gasteiger partial charge in [0, 0.05) is 0 Å². The number of ether oxygens (including phenoxy) is 1. The minimum atomic E-state index is -1.73. The molecule has 6 nitrogen and oxygen atoms in total. The lowest BCUT2D eigenvalue weighted by Gasteiger charge is -2.21. The van der Waals surface area contributed by atoms with E-state index in [4.69, 9.17) is 9.84 Å². The highest BCUT2D eigenvalue weighted by atomic mass is 16.5. The first kappa shape index (κ1) is 17.5. The molecular formula is C18H19NO5. The number of aliphatic hydroxyl groups is 1. The van der Waals surface area contributed by atoms with E-state index in [2.05, 4.69) is 5.32 Å². The molecule has 0 aliphatic heterocycles.